The van der Waals surface area contributed by atoms with Crippen LogP contribution < -0.4 is 5.32 Å². The summed E-state index contributed by atoms with van der Waals surface area (Å²) in [6, 6.07) is -0.0463. The molecule has 0 radical (unpaired) electrons. The Hall–Kier alpha value is -0.160. The van der Waals surface area contributed by atoms with Crippen molar-refractivity contribution >= 4 is 0 Å². The standard InChI is InChI=1S/C6H11NO3/c8-3-1-7-5-4(9)2-10-6(3)5/h3-9H,1-2H2/t3?,4-,5?,6?/m1/s1. The lowest BCUT2D eigenvalue weighted by Gasteiger charge is -2.10. The van der Waals surface area contributed by atoms with Crippen molar-refractivity contribution in [2.45, 2.75) is 24.4 Å². The van der Waals surface area contributed by atoms with Gasteiger partial charge in [0.15, 0.2) is 0 Å². The Morgan fingerprint density at radius 1 is 1.30 bits per heavy atom. The molecule has 0 aromatic heterocycles. The van der Waals surface area contributed by atoms with Gasteiger partial charge in [-0.1, -0.05) is 0 Å². The van der Waals surface area contributed by atoms with Crippen LogP contribution in [0.2, 0.25) is 0 Å². The van der Waals surface area contributed by atoms with Gasteiger partial charge in [0.05, 0.1) is 24.9 Å². The van der Waals surface area contributed by atoms with Crippen molar-refractivity contribution in [3.8, 4) is 0 Å². The van der Waals surface area contributed by atoms with Crippen LogP contribution in [0.4, 0.5) is 0 Å². The SMILES string of the molecule is OC1CNC2C1OC[C@H]2O. The van der Waals surface area contributed by atoms with Crippen molar-refractivity contribution in [2.24, 2.45) is 0 Å². The van der Waals surface area contributed by atoms with Gasteiger partial charge in [-0.3, -0.25) is 0 Å². The van der Waals surface area contributed by atoms with Crippen LogP contribution in [0, 0.1) is 0 Å². The molecule has 0 amide bonds. The van der Waals surface area contributed by atoms with E-state index in [0.717, 1.165) is 0 Å². The third-order valence-electron chi connectivity index (χ3n) is 2.17. The molecule has 0 aliphatic carbocycles. The van der Waals surface area contributed by atoms with Crippen molar-refractivity contribution in [2.75, 3.05) is 13.2 Å². The molecule has 2 rings (SSSR count). The summed E-state index contributed by atoms with van der Waals surface area (Å²) in [5.74, 6) is 0. The van der Waals surface area contributed by atoms with Crippen molar-refractivity contribution < 1.29 is 14.9 Å². The average Bonchev–Trinajstić information content (AvgIpc) is 2.41. The first kappa shape index (κ1) is 6.54. The molecule has 2 heterocycles. The Labute approximate surface area is 58.8 Å². The number of aliphatic hydroxyl groups excluding tert-OH is 2. The minimum absolute atomic E-state index is 0.0463. The topological polar surface area (TPSA) is 61.7 Å². The van der Waals surface area contributed by atoms with E-state index in [1.54, 1.807) is 0 Å². The maximum atomic E-state index is 9.22. The highest BCUT2D eigenvalue weighted by molar-refractivity contribution is 4.99. The van der Waals surface area contributed by atoms with Crippen LogP contribution >= 0.6 is 0 Å². The van der Waals surface area contributed by atoms with Gasteiger partial charge in [-0.2, -0.15) is 0 Å². The van der Waals surface area contributed by atoms with Crippen LogP contribution in [0.25, 0.3) is 0 Å². The van der Waals surface area contributed by atoms with E-state index in [4.69, 9.17) is 4.74 Å². The van der Waals surface area contributed by atoms with Crippen LogP contribution in [0.3, 0.4) is 0 Å². The maximum absolute atomic E-state index is 9.22. The fraction of sp³-hybridized carbons (Fsp3) is 1.00. The molecule has 3 unspecified atom stereocenters. The molecular weight excluding hydrogens is 134 g/mol. The molecule has 0 aromatic rings. The number of hydrogen-bond donors (Lipinski definition) is 3. The fourth-order valence-electron chi connectivity index (χ4n) is 1.61. The molecule has 2 aliphatic heterocycles. The van der Waals surface area contributed by atoms with Crippen molar-refractivity contribution in [1.82, 2.24) is 5.32 Å². The van der Waals surface area contributed by atoms with E-state index in [1.807, 2.05) is 0 Å². The highest BCUT2D eigenvalue weighted by Crippen LogP contribution is 2.21. The lowest BCUT2D eigenvalue weighted by atomic mass is 10.1. The predicted octanol–water partition coefficient (Wildman–Crippen LogP) is -1.92. The second-order valence-electron chi connectivity index (χ2n) is 2.87. The van der Waals surface area contributed by atoms with E-state index in [2.05, 4.69) is 5.32 Å². The van der Waals surface area contributed by atoms with Crippen LogP contribution in [0.1, 0.15) is 0 Å². The summed E-state index contributed by atoms with van der Waals surface area (Å²) in [6.07, 6.45) is -1.07. The number of aliphatic hydroxyl groups is 2. The van der Waals surface area contributed by atoms with Gasteiger partial charge in [-0.15, -0.1) is 0 Å². The van der Waals surface area contributed by atoms with Crippen molar-refractivity contribution in [1.29, 1.82) is 0 Å². The number of fused-ring (bicyclic) bond motifs is 1. The second kappa shape index (κ2) is 2.17. The van der Waals surface area contributed by atoms with Gasteiger partial charge in [0, 0.05) is 6.54 Å². The number of ether oxygens (including phenoxy) is 1. The summed E-state index contributed by atoms with van der Waals surface area (Å²) >= 11 is 0. The molecule has 10 heavy (non-hydrogen) atoms. The third-order valence-corrected chi connectivity index (χ3v) is 2.17. The summed E-state index contributed by atoms with van der Waals surface area (Å²) < 4.78 is 5.14. The predicted molar refractivity (Wildman–Crippen MR) is 33.5 cm³/mol. The Balaban J connectivity index is 2.09. The first-order chi connectivity index (χ1) is 4.79. The highest BCUT2D eigenvalue weighted by atomic mass is 16.5. The molecule has 4 atom stereocenters. The van der Waals surface area contributed by atoms with Gasteiger partial charge in [0.25, 0.3) is 0 Å². The molecule has 0 saturated carbocycles. The Morgan fingerprint density at radius 3 is 2.80 bits per heavy atom. The number of hydrogen-bond acceptors (Lipinski definition) is 4. The van der Waals surface area contributed by atoms with Crippen LogP contribution in [-0.4, -0.2) is 47.7 Å². The van der Waals surface area contributed by atoms with Crippen LogP contribution in [-0.2, 0) is 4.74 Å². The summed E-state index contributed by atoms with van der Waals surface area (Å²) in [5, 5.41) is 21.4. The summed E-state index contributed by atoms with van der Waals surface area (Å²) in [7, 11) is 0. The van der Waals surface area contributed by atoms with Crippen molar-refractivity contribution in [3.05, 3.63) is 0 Å². The molecule has 4 heteroatoms. The third kappa shape index (κ3) is 0.769. The van der Waals surface area contributed by atoms with E-state index < -0.39 is 12.2 Å². The second-order valence-corrected chi connectivity index (χ2v) is 2.87. The van der Waals surface area contributed by atoms with Gasteiger partial charge in [0.1, 0.15) is 6.10 Å². The molecule has 0 bridgehead atoms. The van der Waals surface area contributed by atoms with E-state index in [1.165, 1.54) is 0 Å². The summed E-state index contributed by atoms with van der Waals surface area (Å²) in [5.41, 5.74) is 0. The Morgan fingerprint density at radius 2 is 2.10 bits per heavy atom. The minimum atomic E-state index is -0.442. The molecule has 0 aromatic carbocycles. The van der Waals surface area contributed by atoms with Crippen LogP contribution in [0.15, 0.2) is 0 Å². The average molecular weight is 145 g/mol. The van der Waals surface area contributed by atoms with Gasteiger partial charge >= 0.3 is 0 Å². The van der Waals surface area contributed by atoms with Gasteiger partial charge in [-0.25, -0.2) is 0 Å². The molecule has 0 spiro atoms. The molecule has 58 valence electrons. The first-order valence-electron chi connectivity index (χ1n) is 3.50. The van der Waals surface area contributed by atoms with Gasteiger partial charge < -0.3 is 20.3 Å². The number of nitrogens with one attached hydrogen (secondary N) is 1. The first-order valence-corrected chi connectivity index (χ1v) is 3.50. The van der Waals surface area contributed by atoms with E-state index in [9.17, 15) is 10.2 Å². The Bertz CT molecular complexity index is 125. The number of β-amino-alcohol motifs (C(OH)–C–C–N with tert-alkyl or cyclic N) is 1. The Kier molecular flexibility index (Phi) is 1.42. The largest absolute Gasteiger partial charge is 0.389 e. The zero-order chi connectivity index (χ0) is 7.14. The number of rotatable bonds is 0. The molecule has 2 fully saturated rings. The van der Waals surface area contributed by atoms with E-state index in [0.29, 0.717) is 13.2 Å². The molecule has 2 aliphatic rings. The lowest BCUT2D eigenvalue weighted by Crippen LogP contribution is -2.36. The van der Waals surface area contributed by atoms with Gasteiger partial charge in [0.2, 0.25) is 0 Å². The van der Waals surface area contributed by atoms with E-state index >= 15 is 0 Å². The molecule has 4 nitrogen and oxygen atoms in total. The molecule has 2 saturated heterocycles. The monoisotopic (exact) mass is 145 g/mol. The smallest absolute Gasteiger partial charge is 0.103 e. The zero-order valence-corrected chi connectivity index (χ0v) is 5.53. The lowest BCUT2D eigenvalue weighted by molar-refractivity contribution is 0.0138. The van der Waals surface area contributed by atoms with Crippen LogP contribution in [0.5, 0.6) is 0 Å². The minimum Gasteiger partial charge on any atom is -0.389 e. The fourth-order valence-corrected chi connectivity index (χ4v) is 1.61. The molecule has 3 N–H and O–H groups in total. The van der Waals surface area contributed by atoms with Gasteiger partial charge in [-0.05, 0) is 0 Å². The quantitative estimate of drug-likeness (QED) is 0.372. The summed E-state index contributed by atoms with van der Waals surface area (Å²) in [4.78, 5) is 0. The summed E-state index contributed by atoms with van der Waals surface area (Å²) in [6.45, 7) is 0.881. The molecular formula is C6H11NO3. The maximum Gasteiger partial charge on any atom is 0.103 e. The van der Waals surface area contributed by atoms with E-state index in [-0.39, 0.29) is 12.1 Å². The zero-order valence-electron chi connectivity index (χ0n) is 5.53. The van der Waals surface area contributed by atoms with Crippen molar-refractivity contribution in [3.63, 3.8) is 0 Å². The normalized spacial score (nSPS) is 53.4. The highest BCUT2D eigenvalue weighted by Gasteiger charge is 2.44.